The Morgan fingerprint density at radius 2 is 1.68 bits per heavy atom. The standard InChI is InChI=1S/C20H21NO4/c1-2-14-13-21(11-12-25-14)19(22)17-9-5-3-7-15(17)16-8-4-6-10-18(16)20(23)24/h3-10,14H,2,11-13H2,1H3,(H,23,24). The smallest absolute Gasteiger partial charge is 0.336 e. The van der Waals surface area contributed by atoms with E-state index >= 15 is 0 Å². The van der Waals surface area contributed by atoms with E-state index in [1.54, 1.807) is 47.4 Å². The van der Waals surface area contributed by atoms with Crippen LogP contribution in [0.25, 0.3) is 11.1 Å². The van der Waals surface area contributed by atoms with Gasteiger partial charge in [-0.05, 0) is 29.7 Å². The zero-order chi connectivity index (χ0) is 17.8. The zero-order valence-electron chi connectivity index (χ0n) is 14.1. The minimum atomic E-state index is -1.00. The van der Waals surface area contributed by atoms with Gasteiger partial charge in [0.15, 0.2) is 0 Å². The Kier molecular flexibility index (Phi) is 5.14. The molecule has 0 aliphatic carbocycles. The fourth-order valence-electron chi connectivity index (χ4n) is 3.13. The van der Waals surface area contributed by atoms with Gasteiger partial charge in [0.1, 0.15) is 0 Å². The quantitative estimate of drug-likeness (QED) is 0.928. The first kappa shape index (κ1) is 17.2. The van der Waals surface area contributed by atoms with Crippen molar-refractivity contribution < 1.29 is 19.4 Å². The fourth-order valence-corrected chi connectivity index (χ4v) is 3.13. The first-order valence-corrected chi connectivity index (χ1v) is 8.44. The summed E-state index contributed by atoms with van der Waals surface area (Å²) in [5.41, 5.74) is 1.91. The number of carbonyl (C=O) groups excluding carboxylic acids is 1. The lowest BCUT2D eigenvalue weighted by Gasteiger charge is -2.33. The van der Waals surface area contributed by atoms with E-state index in [0.29, 0.717) is 36.4 Å². The van der Waals surface area contributed by atoms with Gasteiger partial charge in [-0.2, -0.15) is 0 Å². The normalized spacial score (nSPS) is 17.3. The van der Waals surface area contributed by atoms with Crippen molar-refractivity contribution in [2.24, 2.45) is 0 Å². The number of aromatic carboxylic acids is 1. The van der Waals surface area contributed by atoms with Crippen LogP contribution in [0.1, 0.15) is 34.1 Å². The monoisotopic (exact) mass is 339 g/mol. The third-order valence-electron chi connectivity index (χ3n) is 4.49. The van der Waals surface area contributed by atoms with E-state index in [1.165, 1.54) is 0 Å². The van der Waals surface area contributed by atoms with Crippen molar-refractivity contribution in [3.05, 3.63) is 59.7 Å². The Bertz CT molecular complexity index is 787. The molecule has 1 N–H and O–H groups in total. The number of carbonyl (C=O) groups is 2. The second-order valence-corrected chi connectivity index (χ2v) is 6.05. The molecule has 1 fully saturated rings. The summed E-state index contributed by atoms with van der Waals surface area (Å²) in [6, 6.07) is 13.9. The summed E-state index contributed by atoms with van der Waals surface area (Å²) in [5.74, 6) is -1.09. The van der Waals surface area contributed by atoms with Gasteiger partial charge in [-0.15, -0.1) is 0 Å². The van der Waals surface area contributed by atoms with Crippen molar-refractivity contribution in [3.63, 3.8) is 0 Å². The summed E-state index contributed by atoms with van der Waals surface area (Å²) in [6.45, 7) is 3.67. The van der Waals surface area contributed by atoms with E-state index in [4.69, 9.17) is 4.74 Å². The van der Waals surface area contributed by atoms with Crippen LogP contribution in [0, 0.1) is 0 Å². The Hall–Kier alpha value is -2.66. The molecule has 3 rings (SSSR count). The lowest BCUT2D eigenvalue weighted by Crippen LogP contribution is -2.45. The fraction of sp³-hybridized carbons (Fsp3) is 0.300. The highest BCUT2D eigenvalue weighted by atomic mass is 16.5. The van der Waals surface area contributed by atoms with Gasteiger partial charge in [0.25, 0.3) is 5.91 Å². The molecule has 0 aromatic heterocycles. The van der Waals surface area contributed by atoms with Gasteiger partial charge >= 0.3 is 5.97 Å². The number of nitrogens with zero attached hydrogens (tertiary/aromatic N) is 1. The Labute approximate surface area is 146 Å². The van der Waals surface area contributed by atoms with E-state index in [-0.39, 0.29) is 17.6 Å². The molecular weight excluding hydrogens is 318 g/mol. The van der Waals surface area contributed by atoms with Crippen molar-refractivity contribution in [2.75, 3.05) is 19.7 Å². The number of carboxylic acids is 1. The lowest BCUT2D eigenvalue weighted by molar-refractivity contribution is -0.0226. The third kappa shape index (κ3) is 3.56. The molecule has 1 amide bonds. The Morgan fingerprint density at radius 1 is 1.08 bits per heavy atom. The molecule has 0 spiro atoms. The molecule has 25 heavy (non-hydrogen) atoms. The van der Waals surface area contributed by atoms with Gasteiger partial charge in [-0.1, -0.05) is 43.3 Å². The van der Waals surface area contributed by atoms with Crippen LogP contribution >= 0.6 is 0 Å². The molecule has 1 saturated heterocycles. The molecule has 1 aliphatic rings. The van der Waals surface area contributed by atoms with Crippen molar-refractivity contribution in [1.29, 1.82) is 0 Å². The molecule has 5 nitrogen and oxygen atoms in total. The summed E-state index contributed by atoms with van der Waals surface area (Å²) in [7, 11) is 0. The number of carboxylic acid groups (broad SMARTS) is 1. The van der Waals surface area contributed by atoms with Gasteiger partial charge in [-0.3, -0.25) is 4.79 Å². The molecule has 0 radical (unpaired) electrons. The number of rotatable bonds is 4. The number of amides is 1. The van der Waals surface area contributed by atoms with Gasteiger partial charge in [-0.25, -0.2) is 4.79 Å². The molecule has 1 unspecified atom stereocenters. The lowest BCUT2D eigenvalue weighted by atomic mass is 9.94. The zero-order valence-corrected chi connectivity index (χ0v) is 14.1. The van der Waals surface area contributed by atoms with Crippen molar-refractivity contribution >= 4 is 11.9 Å². The van der Waals surface area contributed by atoms with Crippen molar-refractivity contribution in [1.82, 2.24) is 4.90 Å². The number of ether oxygens (including phenoxy) is 1. The van der Waals surface area contributed by atoms with Gasteiger partial charge in [0, 0.05) is 18.7 Å². The van der Waals surface area contributed by atoms with E-state index in [1.807, 2.05) is 13.0 Å². The molecule has 2 aromatic rings. The first-order valence-electron chi connectivity index (χ1n) is 8.44. The number of benzene rings is 2. The minimum absolute atomic E-state index is 0.0520. The van der Waals surface area contributed by atoms with E-state index in [0.717, 1.165) is 6.42 Å². The van der Waals surface area contributed by atoms with Gasteiger partial charge in [0.05, 0.1) is 18.3 Å². The summed E-state index contributed by atoms with van der Waals surface area (Å²) in [4.78, 5) is 26.4. The second-order valence-electron chi connectivity index (χ2n) is 6.05. The van der Waals surface area contributed by atoms with Gasteiger partial charge < -0.3 is 14.7 Å². The molecule has 0 saturated carbocycles. The molecule has 130 valence electrons. The summed E-state index contributed by atoms with van der Waals surface area (Å²) < 4.78 is 5.64. The number of hydrogen-bond acceptors (Lipinski definition) is 3. The van der Waals surface area contributed by atoms with Crippen molar-refractivity contribution in [2.45, 2.75) is 19.4 Å². The highest BCUT2D eigenvalue weighted by Gasteiger charge is 2.26. The predicted molar refractivity (Wildman–Crippen MR) is 94.8 cm³/mol. The van der Waals surface area contributed by atoms with E-state index in [2.05, 4.69) is 0 Å². The largest absolute Gasteiger partial charge is 0.478 e. The third-order valence-corrected chi connectivity index (χ3v) is 4.49. The maximum absolute atomic E-state index is 13.1. The summed E-state index contributed by atoms with van der Waals surface area (Å²) in [5, 5.41) is 9.46. The second kappa shape index (κ2) is 7.49. The topological polar surface area (TPSA) is 66.8 Å². The first-order chi connectivity index (χ1) is 12.1. The minimum Gasteiger partial charge on any atom is -0.478 e. The molecular formula is C20H21NO4. The van der Waals surface area contributed by atoms with Crippen LogP contribution in [-0.4, -0.2) is 47.7 Å². The average Bonchev–Trinajstić information content (AvgIpc) is 2.67. The molecule has 2 aromatic carbocycles. The molecule has 5 heteroatoms. The van der Waals surface area contributed by atoms with Crippen LogP contribution in [0.2, 0.25) is 0 Å². The average molecular weight is 339 g/mol. The maximum Gasteiger partial charge on any atom is 0.336 e. The molecule has 1 aliphatic heterocycles. The Balaban J connectivity index is 2.00. The summed E-state index contributed by atoms with van der Waals surface area (Å²) in [6.07, 6.45) is 0.906. The number of morpholine rings is 1. The van der Waals surface area contributed by atoms with Gasteiger partial charge in [0.2, 0.25) is 0 Å². The highest BCUT2D eigenvalue weighted by molar-refractivity contribution is 6.04. The Morgan fingerprint density at radius 3 is 2.32 bits per heavy atom. The summed E-state index contributed by atoms with van der Waals surface area (Å²) >= 11 is 0. The maximum atomic E-state index is 13.1. The number of hydrogen-bond donors (Lipinski definition) is 1. The SMILES string of the molecule is CCC1CN(C(=O)c2ccccc2-c2ccccc2C(=O)O)CCO1. The van der Waals surface area contributed by atoms with Crippen LogP contribution in [0.5, 0.6) is 0 Å². The van der Waals surface area contributed by atoms with Crippen molar-refractivity contribution in [3.8, 4) is 11.1 Å². The van der Waals surface area contributed by atoms with Crippen LogP contribution in [0.4, 0.5) is 0 Å². The molecule has 1 heterocycles. The van der Waals surface area contributed by atoms with Crippen LogP contribution in [-0.2, 0) is 4.74 Å². The van der Waals surface area contributed by atoms with Crippen LogP contribution < -0.4 is 0 Å². The highest BCUT2D eigenvalue weighted by Crippen LogP contribution is 2.28. The molecule has 0 bridgehead atoms. The molecule has 1 atom stereocenters. The van der Waals surface area contributed by atoms with E-state index < -0.39 is 5.97 Å². The predicted octanol–water partition coefficient (Wildman–Crippen LogP) is 3.30. The van der Waals surface area contributed by atoms with Crippen LogP contribution in [0.3, 0.4) is 0 Å². The van der Waals surface area contributed by atoms with E-state index in [9.17, 15) is 14.7 Å². The van der Waals surface area contributed by atoms with Crippen LogP contribution in [0.15, 0.2) is 48.5 Å².